The number of hydrogen-bond acceptors (Lipinski definition) is 5. The van der Waals surface area contributed by atoms with E-state index < -0.39 is 0 Å². The van der Waals surface area contributed by atoms with E-state index in [-0.39, 0.29) is 6.04 Å². The van der Waals surface area contributed by atoms with Crippen molar-refractivity contribution in [3.05, 3.63) is 53.1 Å². The van der Waals surface area contributed by atoms with Crippen LogP contribution in [0.4, 0.5) is 5.69 Å². The lowest BCUT2D eigenvalue weighted by atomic mass is 10.0. The van der Waals surface area contributed by atoms with Gasteiger partial charge in [-0.3, -0.25) is 9.69 Å². The molecule has 27 heavy (non-hydrogen) atoms. The first-order valence-corrected chi connectivity index (χ1v) is 9.34. The maximum Gasteiger partial charge on any atom is 0.150 e. The van der Waals surface area contributed by atoms with Crippen LogP contribution in [-0.2, 0) is 0 Å². The molecule has 1 aliphatic rings. The zero-order chi connectivity index (χ0) is 19.4. The molecular weight excluding hydrogens is 340 g/mol. The summed E-state index contributed by atoms with van der Waals surface area (Å²) in [7, 11) is 3.37. The van der Waals surface area contributed by atoms with Crippen molar-refractivity contribution in [3.8, 4) is 11.5 Å². The molecule has 0 spiro atoms. The second-order valence-electron chi connectivity index (χ2n) is 6.97. The molecule has 5 heteroatoms. The van der Waals surface area contributed by atoms with E-state index in [1.807, 2.05) is 24.3 Å². The Balaban J connectivity index is 1.69. The third kappa shape index (κ3) is 4.08. The number of ether oxygens (including phenoxy) is 2. The highest BCUT2D eigenvalue weighted by molar-refractivity contribution is 5.77. The van der Waals surface area contributed by atoms with Gasteiger partial charge in [-0.2, -0.15) is 0 Å². The normalized spacial score (nSPS) is 16.1. The summed E-state index contributed by atoms with van der Waals surface area (Å²) in [5, 5.41) is 0. The van der Waals surface area contributed by atoms with Crippen LogP contribution >= 0.6 is 0 Å². The molecule has 0 saturated carbocycles. The van der Waals surface area contributed by atoms with Crippen LogP contribution in [0.15, 0.2) is 36.4 Å². The van der Waals surface area contributed by atoms with Gasteiger partial charge in [-0.25, -0.2) is 0 Å². The van der Waals surface area contributed by atoms with Crippen LogP contribution in [-0.4, -0.2) is 51.6 Å². The molecule has 1 saturated heterocycles. The van der Waals surface area contributed by atoms with Crippen LogP contribution in [0.5, 0.6) is 11.5 Å². The summed E-state index contributed by atoms with van der Waals surface area (Å²) >= 11 is 0. The van der Waals surface area contributed by atoms with Crippen LogP contribution in [0.1, 0.15) is 34.5 Å². The second-order valence-corrected chi connectivity index (χ2v) is 6.97. The molecule has 2 aromatic carbocycles. The van der Waals surface area contributed by atoms with Gasteiger partial charge in [0, 0.05) is 55.1 Å². The predicted octanol–water partition coefficient (Wildman–Crippen LogP) is 3.71. The molecule has 0 unspecified atom stereocenters. The summed E-state index contributed by atoms with van der Waals surface area (Å²) in [6, 6.07) is 12.2. The van der Waals surface area contributed by atoms with E-state index in [4.69, 9.17) is 9.47 Å². The minimum atomic E-state index is 0.270. The van der Waals surface area contributed by atoms with E-state index in [1.54, 1.807) is 14.2 Å². The molecule has 1 fully saturated rings. The third-order valence-electron chi connectivity index (χ3n) is 5.45. The summed E-state index contributed by atoms with van der Waals surface area (Å²) in [4.78, 5) is 15.8. The Morgan fingerprint density at radius 3 is 2.33 bits per heavy atom. The summed E-state index contributed by atoms with van der Waals surface area (Å²) in [5.74, 6) is 1.67. The molecule has 144 valence electrons. The smallest absolute Gasteiger partial charge is 0.150 e. The monoisotopic (exact) mass is 368 g/mol. The first kappa shape index (κ1) is 19.2. The SMILES string of the molecule is COc1ccc([C@@H](C)N2CCN(c3ccc(C=O)cc3C)CC2)c(OC)c1. The number of carbonyl (C=O) groups excluding carboxylic acids is 1. The lowest BCUT2D eigenvalue weighted by molar-refractivity contribution is 0.112. The minimum absolute atomic E-state index is 0.270. The molecule has 1 heterocycles. The summed E-state index contributed by atoms with van der Waals surface area (Å²) in [6.07, 6.45) is 0.901. The molecular formula is C22H28N2O3. The van der Waals surface area contributed by atoms with Crippen molar-refractivity contribution in [2.24, 2.45) is 0 Å². The third-order valence-corrected chi connectivity index (χ3v) is 5.45. The van der Waals surface area contributed by atoms with Crippen molar-refractivity contribution in [2.45, 2.75) is 19.9 Å². The minimum Gasteiger partial charge on any atom is -0.497 e. The van der Waals surface area contributed by atoms with Crippen molar-refractivity contribution >= 4 is 12.0 Å². The molecule has 1 aliphatic heterocycles. The van der Waals surface area contributed by atoms with E-state index in [0.29, 0.717) is 0 Å². The van der Waals surface area contributed by atoms with Crippen molar-refractivity contribution in [3.63, 3.8) is 0 Å². The molecule has 3 rings (SSSR count). The summed E-state index contributed by atoms with van der Waals surface area (Å²) in [6.45, 7) is 8.17. The Bertz CT molecular complexity index is 798. The Hall–Kier alpha value is -2.53. The highest BCUT2D eigenvalue weighted by atomic mass is 16.5. The highest BCUT2D eigenvalue weighted by Crippen LogP contribution is 2.33. The first-order valence-electron chi connectivity index (χ1n) is 9.34. The highest BCUT2D eigenvalue weighted by Gasteiger charge is 2.25. The molecule has 1 atom stereocenters. The number of aldehydes is 1. The molecule has 0 aliphatic carbocycles. The number of methoxy groups -OCH3 is 2. The maximum atomic E-state index is 11.0. The van der Waals surface area contributed by atoms with E-state index in [2.05, 4.69) is 35.8 Å². The standard InChI is InChI=1S/C22H28N2O3/c1-16-13-18(15-25)5-8-21(16)24-11-9-23(10-12-24)17(2)20-7-6-19(26-3)14-22(20)27-4/h5-8,13-15,17H,9-12H2,1-4H3/t17-/m1/s1. The first-order chi connectivity index (χ1) is 13.1. The molecule has 0 aromatic heterocycles. The Kier molecular flexibility index (Phi) is 6.01. The number of carbonyl (C=O) groups is 1. The zero-order valence-corrected chi connectivity index (χ0v) is 16.6. The topological polar surface area (TPSA) is 42.0 Å². The van der Waals surface area contributed by atoms with Gasteiger partial charge in [-0.05, 0) is 43.7 Å². The zero-order valence-electron chi connectivity index (χ0n) is 16.6. The molecule has 5 nitrogen and oxygen atoms in total. The van der Waals surface area contributed by atoms with Crippen LogP contribution < -0.4 is 14.4 Å². The second kappa shape index (κ2) is 8.44. The average molecular weight is 368 g/mol. The van der Waals surface area contributed by atoms with Crippen molar-refractivity contribution in [1.29, 1.82) is 0 Å². The largest absolute Gasteiger partial charge is 0.497 e. The average Bonchev–Trinajstić information content (AvgIpc) is 2.72. The Labute approximate surface area is 161 Å². The van der Waals surface area contributed by atoms with Gasteiger partial charge in [-0.15, -0.1) is 0 Å². The van der Waals surface area contributed by atoms with Crippen molar-refractivity contribution in [2.75, 3.05) is 45.3 Å². The Morgan fingerprint density at radius 2 is 1.74 bits per heavy atom. The summed E-state index contributed by atoms with van der Waals surface area (Å²) in [5.41, 5.74) is 4.28. The van der Waals surface area contributed by atoms with Crippen LogP contribution in [0.25, 0.3) is 0 Å². The number of rotatable bonds is 6. The predicted molar refractivity (Wildman–Crippen MR) is 108 cm³/mol. The van der Waals surface area contributed by atoms with E-state index >= 15 is 0 Å². The molecule has 0 bridgehead atoms. The van der Waals surface area contributed by atoms with Gasteiger partial charge in [0.05, 0.1) is 14.2 Å². The van der Waals surface area contributed by atoms with Gasteiger partial charge >= 0.3 is 0 Å². The van der Waals surface area contributed by atoms with Gasteiger partial charge in [0.15, 0.2) is 0 Å². The van der Waals surface area contributed by atoms with Crippen molar-refractivity contribution in [1.82, 2.24) is 4.90 Å². The number of piperazine rings is 1. The Morgan fingerprint density at radius 1 is 1.00 bits per heavy atom. The fraction of sp³-hybridized carbons (Fsp3) is 0.409. The van der Waals surface area contributed by atoms with Gasteiger partial charge < -0.3 is 14.4 Å². The lowest BCUT2D eigenvalue weighted by Crippen LogP contribution is -2.47. The van der Waals surface area contributed by atoms with Crippen LogP contribution in [0.3, 0.4) is 0 Å². The fourth-order valence-corrected chi connectivity index (χ4v) is 3.82. The molecule has 0 amide bonds. The number of anilines is 1. The summed E-state index contributed by atoms with van der Waals surface area (Å²) < 4.78 is 10.9. The fourth-order valence-electron chi connectivity index (χ4n) is 3.82. The van der Waals surface area contributed by atoms with Crippen molar-refractivity contribution < 1.29 is 14.3 Å². The van der Waals surface area contributed by atoms with Crippen LogP contribution in [0, 0.1) is 6.92 Å². The van der Waals surface area contributed by atoms with E-state index in [0.717, 1.165) is 55.1 Å². The maximum absolute atomic E-state index is 11.0. The van der Waals surface area contributed by atoms with Gasteiger partial charge in [-0.1, -0.05) is 6.07 Å². The number of hydrogen-bond donors (Lipinski definition) is 0. The van der Waals surface area contributed by atoms with Gasteiger partial charge in [0.1, 0.15) is 17.8 Å². The lowest BCUT2D eigenvalue weighted by Gasteiger charge is -2.40. The van der Waals surface area contributed by atoms with E-state index in [1.165, 1.54) is 11.3 Å². The molecule has 0 N–H and O–H groups in total. The number of aryl methyl sites for hydroxylation is 1. The number of benzene rings is 2. The van der Waals surface area contributed by atoms with Crippen LogP contribution in [0.2, 0.25) is 0 Å². The quantitative estimate of drug-likeness (QED) is 0.727. The molecule has 2 aromatic rings. The van der Waals surface area contributed by atoms with Gasteiger partial charge in [0.2, 0.25) is 0 Å². The van der Waals surface area contributed by atoms with E-state index in [9.17, 15) is 4.79 Å². The number of nitrogens with zero attached hydrogens (tertiary/aromatic N) is 2. The van der Waals surface area contributed by atoms with Gasteiger partial charge in [0.25, 0.3) is 0 Å². The molecule has 0 radical (unpaired) electrons.